The van der Waals surface area contributed by atoms with E-state index >= 15 is 0 Å². The van der Waals surface area contributed by atoms with Crippen LogP contribution in [-0.2, 0) is 4.74 Å². The number of rotatable bonds is 1. The number of ether oxygens (including phenoxy) is 1. The quantitative estimate of drug-likeness (QED) is 0.669. The van der Waals surface area contributed by atoms with Gasteiger partial charge in [-0.15, -0.1) is 0 Å². The van der Waals surface area contributed by atoms with E-state index in [1.54, 1.807) is 0 Å². The van der Waals surface area contributed by atoms with Crippen molar-refractivity contribution in [3.8, 4) is 0 Å². The van der Waals surface area contributed by atoms with Crippen LogP contribution in [0.1, 0.15) is 32.6 Å². The number of hydrogen-bond donors (Lipinski definition) is 1. The lowest BCUT2D eigenvalue weighted by molar-refractivity contribution is 0.0124. The lowest BCUT2D eigenvalue weighted by Gasteiger charge is -2.42. The maximum Gasteiger partial charge on any atom is 0.0962 e. The van der Waals surface area contributed by atoms with Gasteiger partial charge in [-0.25, -0.2) is 0 Å². The third-order valence-electron chi connectivity index (χ3n) is 3.34. The molecule has 2 fully saturated rings. The van der Waals surface area contributed by atoms with Crippen LogP contribution in [-0.4, -0.2) is 36.0 Å². The Morgan fingerprint density at radius 1 is 1.38 bits per heavy atom. The molecular weight excluding hydrogens is 164 g/mol. The van der Waals surface area contributed by atoms with Gasteiger partial charge in [0.1, 0.15) is 0 Å². The largest absolute Gasteiger partial charge is 0.381 e. The van der Waals surface area contributed by atoms with Crippen LogP contribution >= 0.6 is 0 Å². The summed E-state index contributed by atoms with van der Waals surface area (Å²) in [6, 6.07) is 0. The number of nitrogens with one attached hydrogen (secondary N) is 1. The Morgan fingerprint density at radius 2 is 2.08 bits per heavy atom. The predicted octanol–water partition coefficient (Wildman–Crippen LogP) is 1.63. The monoisotopic (exact) mass is 182 g/mol. The molecule has 2 aliphatic rings. The second-order valence-corrected chi connectivity index (χ2v) is 4.31. The fourth-order valence-electron chi connectivity index (χ4n) is 2.35. The minimum absolute atomic E-state index is 0.214. The van der Waals surface area contributed by atoms with Crippen LogP contribution in [0.3, 0.4) is 0 Å². The average molecular weight is 182 g/mol. The summed E-state index contributed by atoms with van der Waals surface area (Å²) >= 11 is 0. The Morgan fingerprint density at radius 3 is 2.62 bits per heavy atom. The first-order valence-corrected chi connectivity index (χ1v) is 5.15. The van der Waals surface area contributed by atoms with Crippen molar-refractivity contribution in [1.29, 1.82) is 5.41 Å². The van der Waals surface area contributed by atoms with E-state index in [0.29, 0.717) is 0 Å². The maximum absolute atomic E-state index is 7.85. The third-order valence-corrected chi connectivity index (χ3v) is 3.34. The number of nitrogens with zero attached hydrogens (tertiary/aromatic N) is 1. The van der Waals surface area contributed by atoms with Crippen LogP contribution in [0, 0.1) is 5.41 Å². The van der Waals surface area contributed by atoms with Gasteiger partial charge >= 0.3 is 0 Å². The van der Waals surface area contributed by atoms with Crippen molar-refractivity contribution >= 4 is 5.84 Å². The van der Waals surface area contributed by atoms with Gasteiger partial charge in [-0.2, -0.15) is 0 Å². The minimum atomic E-state index is 0.214. The third kappa shape index (κ3) is 1.57. The van der Waals surface area contributed by atoms with Crippen molar-refractivity contribution in [3.05, 3.63) is 0 Å². The van der Waals surface area contributed by atoms with Gasteiger partial charge in [0.15, 0.2) is 0 Å². The van der Waals surface area contributed by atoms with Crippen molar-refractivity contribution < 1.29 is 4.74 Å². The Balaban J connectivity index is 2.07. The average Bonchev–Trinajstić information content (AvgIpc) is 2.53. The van der Waals surface area contributed by atoms with E-state index in [-0.39, 0.29) is 5.54 Å². The van der Waals surface area contributed by atoms with Gasteiger partial charge in [0.25, 0.3) is 0 Å². The van der Waals surface area contributed by atoms with Crippen LogP contribution in [0.2, 0.25) is 0 Å². The molecule has 0 aromatic carbocycles. The Hall–Kier alpha value is -0.570. The molecular formula is C10H18N2O. The van der Waals surface area contributed by atoms with Gasteiger partial charge in [-0.05, 0) is 26.2 Å². The topological polar surface area (TPSA) is 36.3 Å². The molecule has 0 amide bonds. The zero-order valence-electron chi connectivity index (χ0n) is 8.31. The van der Waals surface area contributed by atoms with Crippen LogP contribution in [0.15, 0.2) is 0 Å². The predicted molar refractivity (Wildman–Crippen MR) is 52.1 cm³/mol. The van der Waals surface area contributed by atoms with Gasteiger partial charge in [0.05, 0.1) is 5.84 Å². The summed E-state index contributed by atoms with van der Waals surface area (Å²) in [5.41, 5.74) is 0.214. The summed E-state index contributed by atoms with van der Waals surface area (Å²) in [7, 11) is 0. The molecule has 74 valence electrons. The Kier molecular flexibility index (Phi) is 2.28. The van der Waals surface area contributed by atoms with E-state index in [1.807, 2.05) is 0 Å². The molecule has 2 aliphatic heterocycles. The molecule has 0 aromatic rings. The first-order chi connectivity index (χ1) is 6.22. The van der Waals surface area contributed by atoms with E-state index in [1.165, 1.54) is 0 Å². The van der Waals surface area contributed by atoms with Crippen molar-refractivity contribution in [2.24, 2.45) is 0 Å². The molecule has 2 heterocycles. The van der Waals surface area contributed by atoms with Crippen molar-refractivity contribution in [2.75, 3.05) is 19.8 Å². The van der Waals surface area contributed by atoms with Gasteiger partial charge in [-0.1, -0.05) is 0 Å². The second kappa shape index (κ2) is 3.29. The Bertz CT molecular complexity index is 209. The summed E-state index contributed by atoms with van der Waals surface area (Å²) in [6.45, 7) is 5.07. The molecule has 0 aromatic heterocycles. The SMILES string of the molecule is CC1(N2CCCC2=N)CCOCC1. The molecule has 2 rings (SSSR count). The van der Waals surface area contributed by atoms with E-state index in [2.05, 4.69) is 11.8 Å². The molecule has 0 aliphatic carbocycles. The summed E-state index contributed by atoms with van der Waals surface area (Å²) in [5.74, 6) is 0.837. The van der Waals surface area contributed by atoms with Crippen LogP contribution in [0.4, 0.5) is 0 Å². The normalized spacial score (nSPS) is 28.1. The summed E-state index contributed by atoms with van der Waals surface area (Å²) in [5, 5.41) is 7.85. The van der Waals surface area contributed by atoms with Gasteiger partial charge < -0.3 is 9.64 Å². The molecule has 2 saturated heterocycles. The smallest absolute Gasteiger partial charge is 0.0962 e. The highest BCUT2D eigenvalue weighted by atomic mass is 16.5. The summed E-state index contributed by atoms with van der Waals surface area (Å²) in [4.78, 5) is 2.29. The maximum atomic E-state index is 7.85. The van der Waals surface area contributed by atoms with Crippen molar-refractivity contribution in [1.82, 2.24) is 4.90 Å². The minimum Gasteiger partial charge on any atom is -0.381 e. The van der Waals surface area contributed by atoms with Gasteiger partial charge in [-0.3, -0.25) is 5.41 Å². The van der Waals surface area contributed by atoms with E-state index < -0.39 is 0 Å². The van der Waals surface area contributed by atoms with E-state index in [0.717, 1.165) is 51.3 Å². The van der Waals surface area contributed by atoms with Crippen molar-refractivity contribution in [2.45, 2.75) is 38.1 Å². The fourth-order valence-corrected chi connectivity index (χ4v) is 2.35. The highest BCUT2D eigenvalue weighted by Gasteiger charge is 2.37. The zero-order chi connectivity index (χ0) is 9.31. The molecule has 0 spiro atoms. The van der Waals surface area contributed by atoms with E-state index in [9.17, 15) is 0 Å². The van der Waals surface area contributed by atoms with Crippen LogP contribution in [0.5, 0.6) is 0 Å². The Labute approximate surface area is 79.6 Å². The molecule has 0 atom stereocenters. The van der Waals surface area contributed by atoms with Gasteiger partial charge in [0.2, 0.25) is 0 Å². The fraction of sp³-hybridized carbons (Fsp3) is 0.900. The standard InChI is InChI=1S/C10H18N2O/c1-10(4-7-13-8-5-10)12-6-2-3-9(12)11/h11H,2-8H2,1H3. The molecule has 0 radical (unpaired) electrons. The van der Waals surface area contributed by atoms with E-state index in [4.69, 9.17) is 10.1 Å². The first kappa shape index (κ1) is 9.00. The van der Waals surface area contributed by atoms with Crippen molar-refractivity contribution in [3.63, 3.8) is 0 Å². The molecule has 0 unspecified atom stereocenters. The number of likely N-dealkylation sites (tertiary alicyclic amines) is 1. The second-order valence-electron chi connectivity index (χ2n) is 4.31. The lowest BCUT2D eigenvalue weighted by atomic mass is 9.90. The highest BCUT2D eigenvalue weighted by Crippen LogP contribution is 2.31. The molecule has 3 nitrogen and oxygen atoms in total. The number of hydrogen-bond acceptors (Lipinski definition) is 2. The van der Waals surface area contributed by atoms with Crippen LogP contribution in [0.25, 0.3) is 0 Å². The molecule has 3 heteroatoms. The zero-order valence-corrected chi connectivity index (χ0v) is 8.31. The summed E-state index contributed by atoms with van der Waals surface area (Å²) in [6.07, 6.45) is 4.29. The lowest BCUT2D eigenvalue weighted by Crippen LogP contribution is -2.50. The van der Waals surface area contributed by atoms with Gasteiger partial charge in [0, 0.05) is 31.7 Å². The molecule has 0 saturated carbocycles. The molecule has 0 bridgehead atoms. The molecule has 13 heavy (non-hydrogen) atoms. The highest BCUT2D eigenvalue weighted by molar-refractivity contribution is 5.81. The van der Waals surface area contributed by atoms with Crippen LogP contribution < -0.4 is 0 Å². The number of amidine groups is 1. The first-order valence-electron chi connectivity index (χ1n) is 5.15. The summed E-state index contributed by atoms with van der Waals surface area (Å²) < 4.78 is 5.36. The molecule has 1 N–H and O–H groups in total.